The molecular weight excluding hydrogens is 393 g/mol. The van der Waals surface area contributed by atoms with Gasteiger partial charge in [-0.05, 0) is 31.0 Å². The Labute approximate surface area is 163 Å². The molecule has 1 N–H and O–H groups in total. The van der Waals surface area contributed by atoms with Crippen LogP contribution in [0.25, 0.3) is 0 Å². The molecule has 27 heavy (non-hydrogen) atoms. The number of carbonyl (C=O) groups excluding carboxylic acids is 1. The number of rotatable bonds is 4. The van der Waals surface area contributed by atoms with Crippen molar-refractivity contribution in [3.05, 3.63) is 29.6 Å². The van der Waals surface area contributed by atoms with Crippen LogP contribution in [0.3, 0.4) is 0 Å². The zero-order valence-corrected chi connectivity index (χ0v) is 16.8. The molecule has 3 rings (SSSR count). The van der Waals surface area contributed by atoms with Crippen molar-refractivity contribution in [2.75, 3.05) is 37.3 Å². The Kier molecular flexibility index (Phi) is 5.68. The highest BCUT2D eigenvalue weighted by Crippen LogP contribution is 2.32. The summed E-state index contributed by atoms with van der Waals surface area (Å²) < 4.78 is 44.8. The molecule has 1 amide bonds. The highest BCUT2D eigenvalue weighted by molar-refractivity contribution is 7.89. The second-order valence-corrected chi connectivity index (χ2v) is 9.65. The van der Waals surface area contributed by atoms with Gasteiger partial charge < -0.3 is 10.1 Å². The zero-order chi connectivity index (χ0) is 19.8. The summed E-state index contributed by atoms with van der Waals surface area (Å²) in [5.74, 6) is -0.656. The lowest BCUT2D eigenvalue weighted by Crippen LogP contribution is -2.38. The van der Waals surface area contributed by atoms with Crippen LogP contribution < -0.4 is 10.2 Å². The van der Waals surface area contributed by atoms with E-state index in [-0.39, 0.29) is 24.3 Å². The van der Waals surface area contributed by atoms with Crippen LogP contribution in [0.1, 0.15) is 24.8 Å². The largest absolute Gasteiger partial charge is 0.442 e. The first-order valence-corrected chi connectivity index (χ1v) is 10.6. The third-order valence-electron chi connectivity index (χ3n) is 4.86. The van der Waals surface area contributed by atoms with Crippen LogP contribution >= 0.6 is 12.2 Å². The van der Waals surface area contributed by atoms with Gasteiger partial charge in [0.1, 0.15) is 11.9 Å². The lowest BCUT2D eigenvalue weighted by Gasteiger charge is -2.30. The van der Waals surface area contributed by atoms with E-state index in [1.54, 1.807) is 19.1 Å². The summed E-state index contributed by atoms with van der Waals surface area (Å²) in [6.07, 6.45) is -0.519. The number of hydrogen-bond donors (Lipinski definition) is 1. The average molecular weight is 416 g/mol. The SMILES string of the molecule is CC(=S)NC[C@H]1CN(c2ccc(C3CCS(=O)(=O)N(C)C3)c(F)c2)C(=O)O1. The van der Waals surface area contributed by atoms with Gasteiger partial charge in [0.2, 0.25) is 10.0 Å². The summed E-state index contributed by atoms with van der Waals surface area (Å²) in [6, 6.07) is 4.60. The predicted molar refractivity (Wildman–Crippen MR) is 104 cm³/mol. The minimum Gasteiger partial charge on any atom is -0.442 e. The van der Waals surface area contributed by atoms with E-state index < -0.39 is 21.9 Å². The molecule has 0 bridgehead atoms. The molecule has 1 aromatic carbocycles. The van der Waals surface area contributed by atoms with Crippen molar-refractivity contribution in [1.29, 1.82) is 0 Å². The van der Waals surface area contributed by atoms with E-state index >= 15 is 0 Å². The lowest BCUT2D eigenvalue weighted by atomic mass is 9.95. The van der Waals surface area contributed by atoms with Crippen LogP contribution in [0.2, 0.25) is 0 Å². The Hall–Kier alpha value is -1.78. The van der Waals surface area contributed by atoms with E-state index in [9.17, 15) is 17.6 Å². The summed E-state index contributed by atoms with van der Waals surface area (Å²) in [4.78, 5) is 14.1. The maximum absolute atomic E-state index is 14.7. The number of halogens is 1. The normalized spacial score (nSPS) is 25.3. The van der Waals surface area contributed by atoms with Crippen LogP contribution in [0.5, 0.6) is 0 Å². The molecule has 2 aliphatic heterocycles. The molecule has 10 heteroatoms. The molecule has 0 radical (unpaired) electrons. The third-order valence-corrected chi connectivity index (χ3v) is 6.86. The summed E-state index contributed by atoms with van der Waals surface area (Å²) in [7, 11) is -1.73. The van der Waals surface area contributed by atoms with Gasteiger partial charge in [-0.1, -0.05) is 18.3 Å². The van der Waals surface area contributed by atoms with Gasteiger partial charge in [-0.25, -0.2) is 21.9 Å². The van der Waals surface area contributed by atoms with E-state index in [4.69, 9.17) is 17.0 Å². The van der Waals surface area contributed by atoms with Gasteiger partial charge in [-0.15, -0.1) is 0 Å². The molecule has 148 valence electrons. The molecule has 0 aromatic heterocycles. The molecule has 0 aliphatic carbocycles. The van der Waals surface area contributed by atoms with Crippen LogP contribution in [-0.2, 0) is 14.8 Å². The van der Waals surface area contributed by atoms with Gasteiger partial charge in [0.15, 0.2) is 0 Å². The van der Waals surface area contributed by atoms with Gasteiger partial charge >= 0.3 is 6.09 Å². The topological polar surface area (TPSA) is 79.0 Å². The highest BCUT2D eigenvalue weighted by atomic mass is 32.2. The van der Waals surface area contributed by atoms with Crippen LogP contribution in [0, 0.1) is 5.82 Å². The molecule has 0 saturated carbocycles. The van der Waals surface area contributed by atoms with E-state index in [2.05, 4.69) is 5.32 Å². The number of likely N-dealkylation sites (N-methyl/N-ethyl adjacent to an activating group) is 1. The Morgan fingerprint density at radius 3 is 2.78 bits per heavy atom. The first kappa shape index (κ1) is 20.0. The second kappa shape index (κ2) is 7.69. The number of sulfonamides is 1. The number of nitrogens with zero attached hydrogens (tertiary/aromatic N) is 2. The maximum atomic E-state index is 14.7. The Bertz CT molecular complexity index is 862. The van der Waals surface area contributed by atoms with E-state index in [1.807, 2.05) is 0 Å². The number of amides is 1. The average Bonchev–Trinajstić information content (AvgIpc) is 2.96. The fourth-order valence-corrected chi connectivity index (χ4v) is 4.71. The molecule has 1 aromatic rings. The maximum Gasteiger partial charge on any atom is 0.414 e. The van der Waals surface area contributed by atoms with Crippen molar-refractivity contribution >= 4 is 39.0 Å². The van der Waals surface area contributed by atoms with Crippen LogP contribution in [0.4, 0.5) is 14.9 Å². The van der Waals surface area contributed by atoms with Crippen molar-refractivity contribution in [3.63, 3.8) is 0 Å². The fourth-order valence-electron chi connectivity index (χ4n) is 3.33. The molecule has 1 unspecified atom stereocenters. The van der Waals surface area contributed by atoms with E-state index in [0.29, 0.717) is 35.7 Å². The highest BCUT2D eigenvalue weighted by Gasteiger charge is 2.34. The van der Waals surface area contributed by atoms with E-state index in [1.165, 1.54) is 22.3 Å². The molecule has 2 aliphatic rings. The van der Waals surface area contributed by atoms with Crippen molar-refractivity contribution in [1.82, 2.24) is 9.62 Å². The van der Waals surface area contributed by atoms with Crippen molar-refractivity contribution in [2.24, 2.45) is 0 Å². The molecule has 7 nitrogen and oxygen atoms in total. The first-order valence-electron chi connectivity index (χ1n) is 8.63. The number of nitrogens with one attached hydrogen (secondary N) is 1. The van der Waals surface area contributed by atoms with Gasteiger partial charge in [0.05, 0.1) is 29.5 Å². The molecule has 0 spiro atoms. The number of carbonyl (C=O) groups is 1. The smallest absolute Gasteiger partial charge is 0.414 e. The number of cyclic esters (lactones) is 1. The molecular formula is C17H22FN3O4S2. The standard InChI is InChI=1S/C17H22FN3O4S2/c1-11(26)19-8-14-10-21(17(22)25-14)13-3-4-15(16(18)7-13)12-5-6-27(23,24)20(2)9-12/h3-4,7,12,14H,5-6,8-10H2,1-2H3,(H,19,26)/t12?,14-/m0/s1. The number of thiocarbonyl (C=S) groups is 1. The predicted octanol–water partition coefficient (Wildman–Crippen LogP) is 1.84. The van der Waals surface area contributed by atoms with Crippen LogP contribution in [-0.4, -0.2) is 62.3 Å². The summed E-state index contributed by atoms with van der Waals surface area (Å²) in [5.41, 5.74) is 0.877. The Morgan fingerprint density at radius 1 is 1.41 bits per heavy atom. The molecule has 2 atom stereocenters. The first-order chi connectivity index (χ1) is 12.7. The van der Waals surface area contributed by atoms with Gasteiger partial charge in [-0.3, -0.25) is 4.90 Å². The number of ether oxygens (including phenoxy) is 1. The summed E-state index contributed by atoms with van der Waals surface area (Å²) >= 11 is 4.94. The number of anilines is 1. The van der Waals surface area contributed by atoms with Crippen molar-refractivity contribution in [3.8, 4) is 0 Å². The van der Waals surface area contributed by atoms with Crippen LogP contribution in [0.15, 0.2) is 18.2 Å². The fraction of sp³-hybridized carbons (Fsp3) is 0.529. The Balaban J connectivity index is 1.72. The second-order valence-electron chi connectivity index (χ2n) is 6.84. The zero-order valence-electron chi connectivity index (χ0n) is 15.1. The van der Waals surface area contributed by atoms with Crippen molar-refractivity contribution < 1.29 is 22.3 Å². The molecule has 2 saturated heterocycles. The van der Waals surface area contributed by atoms with E-state index in [0.717, 1.165) is 0 Å². The summed E-state index contributed by atoms with van der Waals surface area (Å²) in [6.45, 7) is 2.69. The monoisotopic (exact) mass is 415 g/mol. The van der Waals surface area contributed by atoms with Crippen molar-refractivity contribution in [2.45, 2.75) is 25.4 Å². The van der Waals surface area contributed by atoms with Gasteiger partial charge in [0.25, 0.3) is 0 Å². The third kappa shape index (κ3) is 4.39. The van der Waals surface area contributed by atoms with Gasteiger partial charge in [0, 0.05) is 19.5 Å². The van der Waals surface area contributed by atoms with Gasteiger partial charge in [-0.2, -0.15) is 0 Å². The minimum absolute atomic E-state index is 0.00177. The number of hydrogen-bond acceptors (Lipinski definition) is 5. The number of benzene rings is 1. The summed E-state index contributed by atoms with van der Waals surface area (Å²) in [5, 5.41) is 2.95. The quantitative estimate of drug-likeness (QED) is 0.756. The minimum atomic E-state index is -3.24. The lowest BCUT2D eigenvalue weighted by molar-refractivity contribution is 0.143. The Morgan fingerprint density at radius 2 is 2.15 bits per heavy atom. The molecule has 2 heterocycles. The molecule has 2 fully saturated rings.